The van der Waals surface area contributed by atoms with Crippen molar-refractivity contribution in [2.75, 3.05) is 11.9 Å². The monoisotopic (exact) mass is 296 g/mol. The van der Waals surface area contributed by atoms with Crippen LogP contribution in [0.2, 0.25) is 0 Å². The van der Waals surface area contributed by atoms with Gasteiger partial charge in [-0.1, -0.05) is 30.3 Å². The molecule has 0 bridgehead atoms. The normalized spacial score (nSPS) is 11.0. The van der Waals surface area contributed by atoms with E-state index in [1.165, 1.54) is 31.8 Å². The second-order valence-electron chi connectivity index (χ2n) is 5.40. The Labute approximate surface area is 129 Å². The summed E-state index contributed by atoms with van der Waals surface area (Å²) in [4.78, 5) is 3.58. The van der Waals surface area contributed by atoms with Crippen molar-refractivity contribution < 1.29 is 0 Å². The van der Waals surface area contributed by atoms with Gasteiger partial charge in [-0.2, -0.15) is 0 Å². The summed E-state index contributed by atoms with van der Waals surface area (Å²) >= 11 is 1.81. The molecule has 0 spiro atoms. The summed E-state index contributed by atoms with van der Waals surface area (Å²) in [6.07, 6.45) is 0. The summed E-state index contributed by atoms with van der Waals surface area (Å²) in [5, 5.41) is 1.34. The first-order valence-electron chi connectivity index (χ1n) is 7.16. The highest BCUT2D eigenvalue weighted by Gasteiger charge is 2.13. The first-order chi connectivity index (χ1) is 10.2. The lowest BCUT2D eigenvalue weighted by molar-refractivity contribution is 0.913. The Morgan fingerprint density at radius 1 is 1.10 bits per heavy atom. The molecule has 3 rings (SSSR count). The Morgan fingerprint density at radius 3 is 2.67 bits per heavy atom. The number of thiophene rings is 1. The van der Waals surface area contributed by atoms with Crippen LogP contribution in [0.4, 0.5) is 5.69 Å². The summed E-state index contributed by atoms with van der Waals surface area (Å²) in [6.45, 7) is 3.62. The van der Waals surface area contributed by atoms with E-state index in [9.17, 15) is 0 Å². The molecule has 0 fully saturated rings. The average molecular weight is 296 g/mol. The molecule has 2 N–H and O–H groups in total. The van der Waals surface area contributed by atoms with Crippen LogP contribution in [0.1, 0.15) is 16.0 Å². The maximum atomic E-state index is 5.94. The molecule has 3 heteroatoms. The van der Waals surface area contributed by atoms with Crippen molar-refractivity contribution in [1.82, 2.24) is 0 Å². The highest BCUT2D eigenvalue weighted by atomic mass is 32.1. The van der Waals surface area contributed by atoms with Crippen LogP contribution in [0.5, 0.6) is 0 Å². The third-order valence-corrected chi connectivity index (χ3v) is 5.04. The molecule has 0 aliphatic heterocycles. The minimum Gasteiger partial charge on any atom is -0.370 e. The number of hydrogen-bond donors (Lipinski definition) is 1. The maximum absolute atomic E-state index is 5.94. The summed E-state index contributed by atoms with van der Waals surface area (Å²) in [7, 11) is 2.14. The number of benzene rings is 2. The van der Waals surface area contributed by atoms with Crippen LogP contribution in [0.25, 0.3) is 10.1 Å². The Kier molecular flexibility index (Phi) is 3.95. The van der Waals surface area contributed by atoms with Gasteiger partial charge in [-0.15, -0.1) is 11.3 Å². The van der Waals surface area contributed by atoms with Gasteiger partial charge in [0.05, 0.1) is 0 Å². The molecular formula is C18H20N2S. The predicted octanol–water partition coefficient (Wildman–Crippen LogP) is 4.30. The van der Waals surface area contributed by atoms with Crippen molar-refractivity contribution in [2.45, 2.75) is 20.0 Å². The van der Waals surface area contributed by atoms with E-state index in [0.29, 0.717) is 6.54 Å². The van der Waals surface area contributed by atoms with Crippen molar-refractivity contribution in [3.63, 3.8) is 0 Å². The molecule has 21 heavy (non-hydrogen) atoms. The van der Waals surface area contributed by atoms with E-state index in [0.717, 1.165) is 6.54 Å². The summed E-state index contributed by atoms with van der Waals surface area (Å²) in [5.74, 6) is 0. The quantitative estimate of drug-likeness (QED) is 0.777. The van der Waals surface area contributed by atoms with Gasteiger partial charge in [-0.05, 0) is 41.6 Å². The molecule has 0 radical (unpaired) electrons. The van der Waals surface area contributed by atoms with Gasteiger partial charge in [-0.25, -0.2) is 0 Å². The Hall–Kier alpha value is -1.84. The molecular weight excluding hydrogens is 276 g/mol. The van der Waals surface area contributed by atoms with E-state index in [2.05, 4.69) is 67.4 Å². The van der Waals surface area contributed by atoms with Crippen molar-refractivity contribution in [3.05, 3.63) is 64.5 Å². The van der Waals surface area contributed by atoms with E-state index >= 15 is 0 Å². The predicted molar refractivity (Wildman–Crippen MR) is 93.0 cm³/mol. The molecule has 0 atom stereocenters. The molecule has 108 valence electrons. The Bertz CT molecular complexity index is 761. The molecule has 0 aliphatic carbocycles. The second kappa shape index (κ2) is 5.88. The van der Waals surface area contributed by atoms with Crippen LogP contribution < -0.4 is 10.6 Å². The fourth-order valence-corrected chi connectivity index (χ4v) is 3.78. The van der Waals surface area contributed by atoms with Crippen molar-refractivity contribution >= 4 is 27.1 Å². The van der Waals surface area contributed by atoms with Gasteiger partial charge in [0.1, 0.15) is 0 Å². The van der Waals surface area contributed by atoms with Crippen molar-refractivity contribution in [2.24, 2.45) is 5.73 Å². The standard InChI is InChI=1S/C18H20N2S/c1-13-6-5-7-14(10-13)20(2)12-16-15-8-3-4-9-17(15)21-18(16)11-19/h3-10H,11-12,19H2,1-2H3. The topological polar surface area (TPSA) is 29.3 Å². The smallest absolute Gasteiger partial charge is 0.0443 e. The number of nitrogens with zero attached hydrogens (tertiary/aromatic N) is 1. The SMILES string of the molecule is Cc1cccc(N(C)Cc2c(CN)sc3ccccc23)c1. The zero-order valence-electron chi connectivity index (χ0n) is 12.5. The number of hydrogen-bond acceptors (Lipinski definition) is 3. The summed E-state index contributed by atoms with van der Waals surface area (Å²) < 4.78 is 1.32. The zero-order chi connectivity index (χ0) is 14.8. The fourth-order valence-electron chi connectivity index (χ4n) is 2.68. The molecule has 1 heterocycles. The number of nitrogens with two attached hydrogens (primary N) is 1. The van der Waals surface area contributed by atoms with E-state index in [-0.39, 0.29) is 0 Å². The fraction of sp³-hybridized carbons (Fsp3) is 0.222. The number of aryl methyl sites for hydroxylation is 1. The van der Waals surface area contributed by atoms with Gasteiger partial charge in [0.15, 0.2) is 0 Å². The van der Waals surface area contributed by atoms with Gasteiger partial charge < -0.3 is 10.6 Å². The molecule has 0 amide bonds. The number of rotatable bonds is 4. The van der Waals surface area contributed by atoms with Crippen LogP contribution >= 0.6 is 11.3 Å². The van der Waals surface area contributed by atoms with Gasteiger partial charge in [0.25, 0.3) is 0 Å². The average Bonchev–Trinajstić information content (AvgIpc) is 2.85. The molecule has 0 saturated carbocycles. The highest BCUT2D eigenvalue weighted by molar-refractivity contribution is 7.19. The van der Waals surface area contributed by atoms with Crippen molar-refractivity contribution in [3.8, 4) is 0 Å². The summed E-state index contributed by atoms with van der Waals surface area (Å²) in [5.41, 5.74) is 9.84. The van der Waals surface area contributed by atoms with Gasteiger partial charge in [0, 0.05) is 35.4 Å². The van der Waals surface area contributed by atoms with Crippen LogP contribution in [-0.2, 0) is 13.1 Å². The third kappa shape index (κ3) is 2.80. The van der Waals surface area contributed by atoms with Crippen LogP contribution in [0.15, 0.2) is 48.5 Å². The van der Waals surface area contributed by atoms with Gasteiger partial charge in [0.2, 0.25) is 0 Å². The minimum atomic E-state index is 0.607. The minimum absolute atomic E-state index is 0.607. The zero-order valence-corrected chi connectivity index (χ0v) is 13.3. The van der Waals surface area contributed by atoms with Crippen LogP contribution in [-0.4, -0.2) is 7.05 Å². The van der Waals surface area contributed by atoms with Gasteiger partial charge >= 0.3 is 0 Å². The van der Waals surface area contributed by atoms with E-state index < -0.39 is 0 Å². The lowest BCUT2D eigenvalue weighted by Gasteiger charge is -2.20. The maximum Gasteiger partial charge on any atom is 0.0443 e. The van der Waals surface area contributed by atoms with E-state index in [1.807, 2.05) is 11.3 Å². The summed E-state index contributed by atoms with van der Waals surface area (Å²) in [6, 6.07) is 17.2. The molecule has 0 saturated heterocycles. The molecule has 0 aliphatic rings. The van der Waals surface area contributed by atoms with Crippen molar-refractivity contribution in [1.29, 1.82) is 0 Å². The third-order valence-electron chi connectivity index (χ3n) is 3.81. The largest absolute Gasteiger partial charge is 0.370 e. The lowest BCUT2D eigenvalue weighted by Crippen LogP contribution is -2.17. The second-order valence-corrected chi connectivity index (χ2v) is 6.54. The lowest BCUT2D eigenvalue weighted by atomic mass is 10.1. The molecule has 0 unspecified atom stereocenters. The first-order valence-corrected chi connectivity index (χ1v) is 7.98. The molecule has 1 aromatic heterocycles. The Balaban J connectivity index is 1.97. The number of anilines is 1. The molecule has 2 nitrogen and oxygen atoms in total. The van der Waals surface area contributed by atoms with E-state index in [4.69, 9.17) is 5.73 Å². The van der Waals surface area contributed by atoms with Crippen LogP contribution in [0.3, 0.4) is 0 Å². The Morgan fingerprint density at radius 2 is 1.90 bits per heavy atom. The first kappa shape index (κ1) is 14.1. The van der Waals surface area contributed by atoms with Gasteiger partial charge in [-0.3, -0.25) is 0 Å². The van der Waals surface area contributed by atoms with Crippen LogP contribution in [0, 0.1) is 6.92 Å². The number of fused-ring (bicyclic) bond motifs is 1. The highest BCUT2D eigenvalue weighted by Crippen LogP contribution is 2.32. The molecule has 3 aromatic rings. The van der Waals surface area contributed by atoms with E-state index in [1.54, 1.807) is 0 Å². The molecule has 2 aromatic carbocycles.